The number of hydrogen-bond acceptors (Lipinski definition) is 3. The van der Waals surface area contributed by atoms with E-state index >= 15 is 0 Å². The van der Waals surface area contributed by atoms with Crippen molar-refractivity contribution in [3.8, 4) is 0 Å². The number of sulfonamides is 1. The number of piperidine rings is 1. The summed E-state index contributed by atoms with van der Waals surface area (Å²) in [6.07, 6.45) is 4.82. The zero-order chi connectivity index (χ0) is 17.3. The third-order valence-electron chi connectivity index (χ3n) is 4.90. The van der Waals surface area contributed by atoms with Crippen LogP contribution in [0.5, 0.6) is 0 Å². The third kappa shape index (κ3) is 4.10. The molecule has 3 atom stereocenters. The molecule has 1 saturated heterocycles. The van der Waals surface area contributed by atoms with E-state index in [1.54, 1.807) is 0 Å². The number of carbonyl (C=O) groups is 1. The fourth-order valence-electron chi connectivity index (χ4n) is 3.55. The molecule has 5 nitrogen and oxygen atoms in total. The van der Waals surface area contributed by atoms with Crippen LogP contribution in [0.1, 0.15) is 37.2 Å². The summed E-state index contributed by atoms with van der Waals surface area (Å²) >= 11 is 6.24. The average molecular weight is 371 g/mol. The molecule has 7 heteroatoms. The molecule has 1 aliphatic carbocycles. The van der Waals surface area contributed by atoms with Crippen LogP contribution in [-0.4, -0.2) is 44.6 Å². The van der Waals surface area contributed by atoms with Crippen LogP contribution in [0.25, 0.3) is 0 Å². The second-order valence-electron chi connectivity index (χ2n) is 6.77. The summed E-state index contributed by atoms with van der Waals surface area (Å²) in [6, 6.07) is 7.63. The van der Waals surface area contributed by atoms with Gasteiger partial charge in [-0.3, -0.25) is 4.79 Å². The fourth-order valence-corrected chi connectivity index (χ4v) is 4.32. The van der Waals surface area contributed by atoms with Crippen LogP contribution in [0, 0.1) is 5.92 Å². The molecule has 0 aromatic heterocycles. The van der Waals surface area contributed by atoms with E-state index in [1.807, 2.05) is 29.2 Å². The highest BCUT2D eigenvalue weighted by molar-refractivity contribution is 7.88. The molecule has 2 fully saturated rings. The quantitative estimate of drug-likeness (QED) is 0.865. The van der Waals surface area contributed by atoms with Crippen LogP contribution >= 0.6 is 11.6 Å². The van der Waals surface area contributed by atoms with Gasteiger partial charge in [-0.1, -0.05) is 29.8 Å². The summed E-state index contributed by atoms with van der Waals surface area (Å²) < 4.78 is 25.2. The topological polar surface area (TPSA) is 66.5 Å². The summed E-state index contributed by atoms with van der Waals surface area (Å²) in [5.74, 6) is 0.306. The zero-order valence-corrected chi connectivity index (χ0v) is 15.3. The Morgan fingerprint density at radius 2 is 2.08 bits per heavy atom. The van der Waals surface area contributed by atoms with Crippen LogP contribution in [0.4, 0.5) is 0 Å². The van der Waals surface area contributed by atoms with Crippen molar-refractivity contribution in [3.63, 3.8) is 0 Å². The summed E-state index contributed by atoms with van der Waals surface area (Å²) in [6.45, 7) is 1.01. The first-order valence-corrected chi connectivity index (χ1v) is 10.6. The molecule has 0 spiro atoms. The van der Waals surface area contributed by atoms with Gasteiger partial charge >= 0.3 is 0 Å². The van der Waals surface area contributed by atoms with Crippen molar-refractivity contribution in [2.45, 2.75) is 37.6 Å². The predicted octanol–water partition coefficient (Wildman–Crippen LogP) is 2.37. The molecule has 1 amide bonds. The Morgan fingerprint density at radius 3 is 2.79 bits per heavy atom. The molecule has 1 aromatic rings. The van der Waals surface area contributed by atoms with Crippen molar-refractivity contribution < 1.29 is 13.2 Å². The van der Waals surface area contributed by atoms with Crippen LogP contribution < -0.4 is 4.72 Å². The lowest BCUT2D eigenvalue weighted by Gasteiger charge is -2.36. The van der Waals surface area contributed by atoms with Gasteiger partial charge in [-0.25, -0.2) is 13.1 Å². The molecular formula is C17H23ClN2O3S. The Balaban J connectivity index is 1.66. The van der Waals surface area contributed by atoms with Crippen molar-refractivity contribution >= 4 is 27.5 Å². The Labute approximate surface area is 148 Å². The van der Waals surface area contributed by atoms with Gasteiger partial charge < -0.3 is 4.90 Å². The largest absolute Gasteiger partial charge is 0.338 e. The highest BCUT2D eigenvalue weighted by Crippen LogP contribution is 2.50. The fraction of sp³-hybridized carbons (Fsp3) is 0.588. The van der Waals surface area contributed by atoms with Crippen molar-refractivity contribution in [2.75, 3.05) is 19.3 Å². The molecule has 3 unspecified atom stereocenters. The first kappa shape index (κ1) is 17.7. The molecule has 1 N–H and O–H groups in total. The second kappa shape index (κ2) is 7.02. The van der Waals surface area contributed by atoms with Crippen LogP contribution in [-0.2, 0) is 14.8 Å². The maximum atomic E-state index is 12.9. The third-order valence-corrected chi connectivity index (χ3v) is 5.94. The normalized spacial score (nSPS) is 27.1. The van der Waals surface area contributed by atoms with Gasteiger partial charge in [0.15, 0.2) is 0 Å². The molecule has 24 heavy (non-hydrogen) atoms. The minimum atomic E-state index is -3.24. The second-order valence-corrected chi connectivity index (χ2v) is 9.01. The number of nitrogens with one attached hydrogen (secondary N) is 1. The molecule has 1 saturated carbocycles. The number of halogens is 1. The molecule has 1 heterocycles. The molecule has 3 rings (SSSR count). The highest BCUT2D eigenvalue weighted by Gasteiger charge is 2.47. The SMILES string of the molecule is CS(=O)(=O)NCC1CCCCN1C(=O)C1CC1c1ccccc1Cl. The monoisotopic (exact) mass is 370 g/mol. The van der Waals surface area contributed by atoms with Crippen molar-refractivity contribution in [3.05, 3.63) is 34.9 Å². The molecule has 132 valence electrons. The standard InChI is InChI=1S/C17H23ClN2O3S/c1-24(22,23)19-11-12-6-4-5-9-20(12)17(21)15-10-14(15)13-7-2-3-8-16(13)18/h2-3,7-8,12,14-15,19H,4-6,9-11H2,1H3. The summed E-state index contributed by atoms with van der Waals surface area (Å²) in [4.78, 5) is 14.8. The number of benzene rings is 1. The zero-order valence-electron chi connectivity index (χ0n) is 13.7. The minimum Gasteiger partial charge on any atom is -0.338 e. The van der Waals surface area contributed by atoms with Gasteiger partial charge in [0.05, 0.1) is 6.26 Å². The van der Waals surface area contributed by atoms with E-state index < -0.39 is 10.0 Å². The smallest absolute Gasteiger partial charge is 0.226 e. The highest BCUT2D eigenvalue weighted by atomic mass is 35.5. The first-order chi connectivity index (χ1) is 11.4. The van der Waals surface area contributed by atoms with Crippen molar-refractivity contribution in [2.24, 2.45) is 5.92 Å². The van der Waals surface area contributed by atoms with Gasteiger partial charge in [-0.2, -0.15) is 0 Å². The van der Waals surface area contributed by atoms with Crippen molar-refractivity contribution in [1.29, 1.82) is 0 Å². The molecule has 2 aliphatic rings. The Hall–Kier alpha value is -1.11. The first-order valence-electron chi connectivity index (χ1n) is 8.36. The number of amides is 1. The Bertz CT molecular complexity index is 722. The van der Waals surface area contributed by atoms with Crippen LogP contribution in [0.15, 0.2) is 24.3 Å². The Kier molecular flexibility index (Phi) is 5.18. The van der Waals surface area contributed by atoms with E-state index in [0.29, 0.717) is 18.1 Å². The molecule has 0 radical (unpaired) electrons. The number of likely N-dealkylation sites (tertiary alicyclic amines) is 1. The number of carbonyl (C=O) groups excluding carboxylic acids is 1. The van der Waals surface area contributed by atoms with E-state index in [0.717, 1.165) is 37.5 Å². The van der Waals surface area contributed by atoms with E-state index in [2.05, 4.69) is 4.72 Å². The van der Waals surface area contributed by atoms with Gasteiger partial charge in [0.25, 0.3) is 0 Å². The Morgan fingerprint density at radius 1 is 1.33 bits per heavy atom. The molecule has 1 aromatic carbocycles. The van der Waals surface area contributed by atoms with Gasteiger partial charge in [0, 0.05) is 30.1 Å². The predicted molar refractivity (Wildman–Crippen MR) is 94.5 cm³/mol. The summed E-state index contributed by atoms with van der Waals surface area (Å²) in [5.41, 5.74) is 1.04. The van der Waals surface area contributed by atoms with E-state index in [4.69, 9.17) is 11.6 Å². The molecule has 0 bridgehead atoms. The summed E-state index contributed by atoms with van der Waals surface area (Å²) in [7, 11) is -3.24. The lowest BCUT2D eigenvalue weighted by atomic mass is 10.0. The lowest BCUT2D eigenvalue weighted by Crippen LogP contribution is -2.49. The van der Waals surface area contributed by atoms with Crippen LogP contribution in [0.3, 0.4) is 0 Å². The molecular weight excluding hydrogens is 348 g/mol. The van der Waals surface area contributed by atoms with E-state index in [9.17, 15) is 13.2 Å². The number of hydrogen-bond donors (Lipinski definition) is 1. The van der Waals surface area contributed by atoms with Gasteiger partial charge in [0.1, 0.15) is 0 Å². The van der Waals surface area contributed by atoms with Gasteiger partial charge in [-0.05, 0) is 43.2 Å². The lowest BCUT2D eigenvalue weighted by molar-refractivity contribution is -0.136. The van der Waals surface area contributed by atoms with Crippen LogP contribution in [0.2, 0.25) is 5.02 Å². The van der Waals surface area contributed by atoms with Gasteiger partial charge in [0.2, 0.25) is 15.9 Å². The summed E-state index contributed by atoms with van der Waals surface area (Å²) in [5, 5.41) is 0.715. The van der Waals surface area contributed by atoms with E-state index in [-0.39, 0.29) is 23.8 Å². The maximum absolute atomic E-state index is 12.9. The van der Waals surface area contributed by atoms with Gasteiger partial charge in [-0.15, -0.1) is 0 Å². The molecule has 1 aliphatic heterocycles. The average Bonchev–Trinajstić information content (AvgIpc) is 3.33. The number of nitrogens with zero attached hydrogens (tertiary/aromatic N) is 1. The van der Waals surface area contributed by atoms with E-state index in [1.165, 1.54) is 0 Å². The minimum absolute atomic E-state index is 0.0243. The maximum Gasteiger partial charge on any atom is 0.226 e. The van der Waals surface area contributed by atoms with Crippen molar-refractivity contribution in [1.82, 2.24) is 9.62 Å². The number of rotatable bonds is 5.